The Balaban J connectivity index is 1.58. The van der Waals surface area contributed by atoms with Crippen LogP contribution in [0.3, 0.4) is 0 Å². The minimum atomic E-state index is -0.476. The maximum atomic E-state index is 12.3. The highest BCUT2D eigenvalue weighted by Gasteiger charge is 2.09. The number of amides is 1. The number of nitro groups is 1. The van der Waals surface area contributed by atoms with E-state index in [9.17, 15) is 14.9 Å². The van der Waals surface area contributed by atoms with Crippen molar-refractivity contribution >= 4 is 33.2 Å². The summed E-state index contributed by atoms with van der Waals surface area (Å²) < 4.78 is 6.73. The van der Waals surface area contributed by atoms with Crippen LogP contribution in [0.1, 0.15) is 28.4 Å². The number of non-ortho nitro benzene ring substituents is 1. The summed E-state index contributed by atoms with van der Waals surface area (Å²) in [5.41, 5.74) is 4.90. The number of carbonyl (C=O) groups is 1. The lowest BCUT2D eigenvalue weighted by Gasteiger charge is -2.07. The third-order valence-corrected chi connectivity index (χ3v) is 4.76. The number of hydrogen-bond acceptors (Lipinski definition) is 5. The van der Waals surface area contributed by atoms with Gasteiger partial charge in [-0.3, -0.25) is 14.9 Å². The van der Waals surface area contributed by atoms with Crippen molar-refractivity contribution in [2.45, 2.75) is 13.5 Å². The summed E-state index contributed by atoms with van der Waals surface area (Å²) >= 11 is 3.39. The van der Waals surface area contributed by atoms with E-state index in [4.69, 9.17) is 4.74 Å². The summed E-state index contributed by atoms with van der Waals surface area (Å²) in [7, 11) is 0. The topological polar surface area (TPSA) is 93.8 Å². The molecular formula is C22H18BrN3O4. The predicted octanol–water partition coefficient (Wildman–Crippen LogP) is 5.09. The molecule has 0 unspecified atom stereocenters. The summed E-state index contributed by atoms with van der Waals surface area (Å²) in [6, 6.07) is 20.6. The number of nitrogens with one attached hydrogen (secondary N) is 1. The van der Waals surface area contributed by atoms with Crippen LogP contribution in [0.5, 0.6) is 5.75 Å². The van der Waals surface area contributed by atoms with Crippen LogP contribution in [0, 0.1) is 10.1 Å². The number of nitrogens with zero attached hydrogens (tertiary/aromatic N) is 2. The van der Waals surface area contributed by atoms with Gasteiger partial charge in [-0.25, -0.2) is 5.43 Å². The summed E-state index contributed by atoms with van der Waals surface area (Å²) in [4.78, 5) is 22.7. The van der Waals surface area contributed by atoms with Gasteiger partial charge in [0.1, 0.15) is 12.4 Å². The highest BCUT2D eigenvalue weighted by molar-refractivity contribution is 9.10. The molecule has 0 atom stereocenters. The number of hydrogen-bond donors (Lipinski definition) is 1. The van der Waals surface area contributed by atoms with E-state index in [0.717, 1.165) is 10.0 Å². The van der Waals surface area contributed by atoms with Crippen molar-refractivity contribution in [2.75, 3.05) is 0 Å². The third kappa shape index (κ3) is 5.74. The number of rotatable bonds is 7. The highest BCUT2D eigenvalue weighted by Crippen LogP contribution is 2.16. The molecule has 0 fully saturated rings. The molecule has 8 heteroatoms. The minimum absolute atomic E-state index is 0.0351. The molecule has 3 rings (SSSR count). The van der Waals surface area contributed by atoms with E-state index in [2.05, 4.69) is 26.5 Å². The SMILES string of the molecule is C/C(=N\NC(=O)c1ccc(OCc2ccc(Br)cc2)cc1)c1cccc([N+](=O)[O-])c1. The second-order valence-corrected chi connectivity index (χ2v) is 7.30. The molecule has 0 aliphatic heterocycles. The smallest absolute Gasteiger partial charge is 0.271 e. The quantitative estimate of drug-likeness (QED) is 0.297. The second kappa shape index (κ2) is 9.80. The average molecular weight is 468 g/mol. The van der Waals surface area contributed by atoms with E-state index in [0.29, 0.717) is 29.2 Å². The highest BCUT2D eigenvalue weighted by atomic mass is 79.9. The third-order valence-electron chi connectivity index (χ3n) is 4.24. The molecule has 1 N–H and O–H groups in total. The van der Waals surface area contributed by atoms with Gasteiger partial charge < -0.3 is 4.74 Å². The van der Waals surface area contributed by atoms with Gasteiger partial charge in [-0.05, 0) is 48.9 Å². The van der Waals surface area contributed by atoms with Crippen molar-refractivity contribution in [3.8, 4) is 5.75 Å². The zero-order valence-corrected chi connectivity index (χ0v) is 17.6. The van der Waals surface area contributed by atoms with Gasteiger partial charge in [0.25, 0.3) is 11.6 Å². The molecular weight excluding hydrogens is 450 g/mol. The molecule has 0 aliphatic carbocycles. The first-order valence-corrected chi connectivity index (χ1v) is 9.78. The van der Waals surface area contributed by atoms with Crippen LogP contribution in [0.25, 0.3) is 0 Å². The molecule has 0 spiro atoms. The largest absolute Gasteiger partial charge is 0.489 e. The Morgan fingerprint density at radius 1 is 1.07 bits per heavy atom. The van der Waals surface area contributed by atoms with Crippen LogP contribution in [-0.4, -0.2) is 16.5 Å². The van der Waals surface area contributed by atoms with Gasteiger partial charge in [-0.1, -0.05) is 40.2 Å². The fraction of sp³-hybridized carbons (Fsp3) is 0.0909. The van der Waals surface area contributed by atoms with Crippen LogP contribution in [0.15, 0.2) is 82.4 Å². The molecule has 0 heterocycles. The molecule has 0 saturated carbocycles. The molecule has 0 bridgehead atoms. The molecule has 7 nitrogen and oxygen atoms in total. The molecule has 30 heavy (non-hydrogen) atoms. The van der Waals surface area contributed by atoms with Crippen molar-refractivity contribution in [1.29, 1.82) is 0 Å². The molecule has 0 saturated heterocycles. The Labute approximate surface area is 181 Å². The standard InChI is InChI=1S/C22H18BrN3O4/c1-15(18-3-2-4-20(13-18)26(28)29)24-25-22(27)17-7-11-21(12-8-17)30-14-16-5-9-19(23)10-6-16/h2-13H,14H2,1H3,(H,25,27)/b24-15+. The van der Waals surface area contributed by atoms with Gasteiger partial charge in [0.15, 0.2) is 0 Å². The van der Waals surface area contributed by atoms with Gasteiger partial charge in [0.2, 0.25) is 0 Å². The van der Waals surface area contributed by atoms with E-state index in [-0.39, 0.29) is 11.6 Å². The first-order valence-electron chi connectivity index (χ1n) is 8.99. The van der Waals surface area contributed by atoms with Crippen LogP contribution in [0.4, 0.5) is 5.69 Å². The van der Waals surface area contributed by atoms with Crippen molar-refractivity contribution in [2.24, 2.45) is 5.10 Å². The first-order chi connectivity index (χ1) is 14.4. The van der Waals surface area contributed by atoms with E-state index in [1.54, 1.807) is 43.3 Å². The van der Waals surface area contributed by atoms with Gasteiger partial charge in [0, 0.05) is 27.7 Å². The van der Waals surface area contributed by atoms with Crippen LogP contribution >= 0.6 is 15.9 Å². The molecule has 152 valence electrons. The van der Waals surface area contributed by atoms with Crippen molar-refractivity contribution in [1.82, 2.24) is 5.43 Å². The van der Waals surface area contributed by atoms with Gasteiger partial charge in [-0.15, -0.1) is 0 Å². The molecule has 3 aromatic carbocycles. The van der Waals surface area contributed by atoms with Crippen LogP contribution in [-0.2, 0) is 6.61 Å². The van der Waals surface area contributed by atoms with Gasteiger partial charge in [0.05, 0.1) is 10.6 Å². The Morgan fingerprint density at radius 3 is 2.43 bits per heavy atom. The van der Waals surface area contributed by atoms with E-state index >= 15 is 0 Å². The Kier molecular flexibility index (Phi) is 6.92. The summed E-state index contributed by atoms with van der Waals surface area (Å²) in [6.07, 6.45) is 0. The number of nitro benzene ring substituents is 1. The summed E-state index contributed by atoms with van der Waals surface area (Å²) in [5.74, 6) is 0.255. The van der Waals surface area contributed by atoms with Crippen molar-refractivity contribution < 1.29 is 14.5 Å². The number of carbonyl (C=O) groups excluding carboxylic acids is 1. The zero-order valence-electron chi connectivity index (χ0n) is 16.0. The number of hydrazone groups is 1. The monoisotopic (exact) mass is 467 g/mol. The normalized spacial score (nSPS) is 11.1. The molecule has 1 amide bonds. The lowest BCUT2D eigenvalue weighted by atomic mass is 10.1. The summed E-state index contributed by atoms with van der Waals surface area (Å²) in [6.45, 7) is 2.09. The number of benzene rings is 3. The maximum absolute atomic E-state index is 12.3. The van der Waals surface area contributed by atoms with E-state index in [1.807, 2.05) is 24.3 Å². The average Bonchev–Trinajstić information content (AvgIpc) is 2.77. The van der Waals surface area contributed by atoms with Gasteiger partial charge in [-0.2, -0.15) is 5.10 Å². The molecule has 0 radical (unpaired) electrons. The predicted molar refractivity (Wildman–Crippen MR) is 118 cm³/mol. The first kappa shape index (κ1) is 21.2. The lowest BCUT2D eigenvalue weighted by molar-refractivity contribution is -0.384. The summed E-state index contributed by atoms with van der Waals surface area (Å²) in [5, 5.41) is 14.9. The van der Waals surface area contributed by atoms with E-state index < -0.39 is 4.92 Å². The van der Waals surface area contributed by atoms with Gasteiger partial charge >= 0.3 is 0 Å². The lowest BCUT2D eigenvalue weighted by Crippen LogP contribution is -2.19. The molecule has 0 aromatic heterocycles. The van der Waals surface area contributed by atoms with Crippen molar-refractivity contribution in [3.05, 3.63) is 104 Å². The number of halogens is 1. The minimum Gasteiger partial charge on any atom is -0.489 e. The van der Waals surface area contributed by atoms with Crippen LogP contribution < -0.4 is 10.2 Å². The van der Waals surface area contributed by atoms with Crippen LogP contribution in [0.2, 0.25) is 0 Å². The second-order valence-electron chi connectivity index (χ2n) is 6.39. The van der Waals surface area contributed by atoms with Crippen molar-refractivity contribution in [3.63, 3.8) is 0 Å². The molecule has 0 aliphatic rings. The fourth-order valence-corrected chi connectivity index (χ4v) is 2.82. The Hall–Kier alpha value is -3.52. The number of ether oxygens (including phenoxy) is 1. The maximum Gasteiger partial charge on any atom is 0.271 e. The Morgan fingerprint density at radius 2 is 1.77 bits per heavy atom. The van der Waals surface area contributed by atoms with E-state index in [1.165, 1.54) is 12.1 Å². The fourth-order valence-electron chi connectivity index (χ4n) is 2.56. The zero-order chi connectivity index (χ0) is 21.5. The molecule has 3 aromatic rings. The Bertz CT molecular complexity index is 1080.